The highest BCUT2D eigenvalue weighted by atomic mass is 32.1. The summed E-state index contributed by atoms with van der Waals surface area (Å²) in [5.41, 5.74) is 0.843. The lowest BCUT2D eigenvalue weighted by molar-refractivity contribution is -0.120. The van der Waals surface area contributed by atoms with E-state index in [9.17, 15) is 9.59 Å². The monoisotopic (exact) mass is 388 g/mol. The number of nitrogens with zero attached hydrogens (tertiary/aromatic N) is 3. The molecule has 1 fully saturated rings. The molecular weight excluding hydrogens is 364 g/mol. The van der Waals surface area contributed by atoms with E-state index in [1.807, 2.05) is 38.1 Å². The quantitative estimate of drug-likeness (QED) is 0.785. The zero-order chi connectivity index (χ0) is 19.4. The summed E-state index contributed by atoms with van der Waals surface area (Å²) in [6, 6.07) is 7.43. The molecule has 0 bridgehead atoms. The van der Waals surface area contributed by atoms with Crippen molar-refractivity contribution in [1.29, 1.82) is 0 Å². The Hall–Kier alpha value is -2.48. The number of hydrogen-bond acceptors (Lipinski definition) is 6. The first-order valence-electron chi connectivity index (χ1n) is 9.14. The lowest BCUT2D eigenvalue weighted by atomic mass is 10.0. The van der Waals surface area contributed by atoms with E-state index in [1.54, 1.807) is 12.0 Å². The summed E-state index contributed by atoms with van der Waals surface area (Å²) in [6.45, 7) is 4.55. The van der Waals surface area contributed by atoms with Crippen LogP contribution in [0.2, 0.25) is 0 Å². The molecule has 144 valence electrons. The summed E-state index contributed by atoms with van der Waals surface area (Å²) in [5.74, 6) is 0.754. The van der Waals surface area contributed by atoms with Crippen LogP contribution in [0.3, 0.4) is 0 Å². The van der Waals surface area contributed by atoms with Gasteiger partial charge in [-0.1, -0.05) is 25.2 Å². The summed E-state index contributed by atoms with van der Waals surface area (Å²) in [5, 5.41) is 12.4. The third-order valence-corrected chi connectivity index (χ3v) is 5.89. The number of carbonyl (C=O) groups excluding carboxylic acids is 2. The van der Waals surface area contributed by atoms with Crippen molar-refractivity contribution in [3.8, 4) is 5.75 Å². The zero-order valence-corrected chi connectivity index (χ0v) is 16.6. The van der Waals surface area contributed by atoms with Gasteiger partial charge in [0.1, 0.15) is 10.8 Å². The van der Waals surface area contributed by atoms with Gasteiger partial charge >= 0.3 is 0 Å². The predicted molar refractivity (Wildman–Crippen MR) is 105 cm³/mol. The highest BCUT2D eigenvalue weighted by Gasteiger charge is 2.34. The van der Waals surface area contributed by atoms with E-state index in [1.165, 1.54) is 11.3 Å². The van der Waals surface area contributed by atoms with Gasteiger partial charge in [0.05, 0.1) is 7.11 Å². The van der Waals surface area contributed by atoms with Crippen molar-refractivity contribution in [2.24, 2.45) is 5.92 Å². The van der Waals surface area contributed by atoms with Crippen molar-refractivity contribution in [2.75, 3.05) is 23.9 Å². The minimum absolute atomic E-state index is 0.0176. The average molecular weight is 388 g/mol. The van der Waals surface area contributed by atoms with Crippen molar-refractivity contribution >= 4 is 34.0 Å². The molecule has 1 unspecified atom stereocenters. The normalized spacial score (nSPS) is 16.8. The topological polar surface area (TPSA) is 84.4 Å². The molecule has 2 aromatic rings. The average Bonchev–Trinajstić information content (AvgIpc) is 3.29. The summed E-state index contributed by atoms with van der Waals surface area (Å²) in [7, 11) is 1.61. The van der Waals surface area contributed by atoms with E-state index in [4.69, 9.17) is 4.74 Å². The number of ether oxygens (including phenoxy) is 1. The minimum atomic E-state index is -0.0231. The predicted octanol–water partition coefficient (Wildman–Crippen LogP) is 3.44. The number of nitrogens with one attached hydrogen (secondary N) is 1. The van der Waals surface area contributed by atoms with E-state index >= 15 is 0 Å². The summed E-state index contributed by atoms with van der Waals surface area (Å²) < 4.78 is 5.16. The number of aromatic nitrogens is 2. The molecule has 3 rings (SSSR count). The molecular formula is C19H24N4O3S. The largest absolute Gasteiger partial charge is 0.497 e. The molecule has 8 heteroatoms. The van der Waals surface area contributed by atoms with Crippen LogP contribution in [0.5, 0.6) is 5.75 Å². The Kier molecular flexibility index (Phi) is 6.05. The SMILES string of the molecule is CCC(CC)C(=O)Nc1nnc(C2CC(=O)N(c3ccc(OC)cc3)C2)s1. The van der Waals surface area contributed by atoms with E-state index in [-0.39, 0.29) is 23.7 Å². The van der Waals surface area contributed by atoms with E-state index < -0.39 is 0 Å². The van der Waals surface area contributed by atoms with Crippen molar-refractivity contribution in [2.45, 2.75) is 39.0 Å². The van der Waals surface area contributed by atoms with Crippen LogP contribution in [-0.4, -0.2) is 35.7 Å². The molecule has 1 aliphatic rings. The van der Waals surface area contributed by atoms with Gasteiger partial charge in [0, 0.05) is 30.5 Å². The lowest BCUT2D eigenvalue weighted by Crippen LogP contribution is -2.24. The molecule has 2 heterocycles. The standard InChI is InChI=1S/C19H24N4O3S/c1-4-12(5-2)17(25)20-19-22-21-18(27-19)13-10-16(24)23(11-13)14-6-8-15(26-3)9-7-14/h6-9,12-13H,4-5,10-11H2,1-3H3,(H,20,22,25). The molecule has 1 aromatic heterocycles. The lowest BCUT2D eigenvalue weighted by Gasteiger charge is -2.16. The Morgan fingerprint density at radius 1 is 1.30 bits per heavy atom. The Bertz CT molecular complexity index is 802. The summed E-state index contributed by atoms with van der Waals surface area (Å²) >= 11 is 1.35. The third kappa shape index (κ3) is 4.27. The van der Waals surface area contributed by atoms with Crippen molar-refractivity contribution in [3.05, 3.63) is 29.3 Å². The van der Waals surface area contributed by atoms with Gasteiger partial charge in [0.15, 0.2) is 0 Å². The van der Waals surface area contributed by atoms with Crippen LogP contribution in [0.1, 0.15) is 44.0 Å². The van der Waals surface area contributed by atoms with Gasteiger partial charge < -0.3 is 15.0 Å². The molecule has 0 aliphatic carbocycles. The fraction of sp³-hybridized carbons (Fsp3) is 0.474. The highest BCUT2D eigenvalue weighted by Crippen LogP contribution is 2.34. The first kappa shape index (κ1) is 19.3. The van der Waals surface area contributed by atoms with Crippen LogP contribution in [0.4, 0.5) is 10.8 Å². The zero-order valence-electron chi connectivity index (χ0n) is 15.8. The van der Waals surface area contributed by atoms with Crippen molar-refractivity contribution in [1.82, 2.24) is 10.2 Å². The molecule has 1 aliphatic heterocycles. The first-order chi connectivity index (χ1) is 13.0. The molecule has 27 heavy (non-hydrogen) atoms. The fourth-order valence-corrected chi connectivity index (χ4v) is 4.04. The Labute approximate surface area is 162 Å². The van der Waals surface area contributed by atoms with Crippen LogP contribution in [-0.2, 0) is 9.59 Å². The van der Waals surface area contributed by atoms with E-state index in [2.05, 4.69) is 15.5 Å². The maximum absolute atomic E-state index is 12.4. The van der Waals surface area contributed by atoms with Gasteiger partial charge in [-0.25, -0.2) is 0 Å². The smallest absolute Gasteiger partial charge is 0.229 e. The van der Waals surface area contributed by atoms with Gasteiger partial charge in [0.25, 0.3) is 0 Å². The molecule has 1 N–H and O–H groups in total. The molecule has 1 atom stereocenters. The van der Waals surface area contributed by atoms with Crippen LogP contribution in [0.15, 0.2) is 24.3 Å². The Balaban J connectivity index is 1.66. The number of anilines is 2. The third-order valence-electron chi connectivity index (χ3n) is 4.89. The van der Waals surface area contributed by atoms with Crippen LogP contribution in [0.25, 0.3) is 0 Å². The maximum Gasteiger partial charge on any atom is 0.229 e. The van der Waals surface area contributed by atoms with Crippen molar-refractivity contribution in [3.63, 3.8) is 0 Å². The molecule has 0 saturated carbocycles. The molecule has 0 radical (unpaired) electrons. The van der Waals surface area contributed by atoms with Crippen LogP contribution >= 0.6 is 11.3 Å². The van der Waals surface area contributed by atoms with Gasteiger partial charge in [-0.15, -0.1) is 10.2 Å². The van der Waals surface area contributed by atoms with Crippen LogP contribution in [0, 0.1) is 5.92 Å². The fourth-order valence-electron chi connectivity index (χ4n) is 3.20. The second kappa shape index (κ2) is 8.47. The number of carbonyl (C=O) groups is 2. The first-order valence-corrected chi connectivity index (χ1v) is 9.96. The molecule has 2 amide bonds. The summed E-state index contributed by atoms with van der Waals surface area (Å²) in [4.78, 5) is 26.4. The minimum Gasteiger partial charge on any atom is -0.497 e. The molecule has 7 nitrogen and oxygen atoms in total. The molecule has 0 spiro atoms. The van der Waals surface area contributed by atoms with Gasteiger partial charge in [0.2, 0.25) is 16.9 Å². The number of rotatable bonds is 7. The highest BCUT2D eigenvalue weighted by molar-refractivity contribution is 7.15. The summed E-state index contributed by atoms with van der Waals surface area (Å²) in [6.07, 6.45) is 1.98. The second-order valence-electron chi connectivity index (χ2n) is 6.55. The number of hydrogen-bond donors (Lipinski definition) is 1. The molecule has 1 aromatic carbocycles. The maximum atomic E-state index is 12.4. The van der Waals surface area contributed by atoms with Gasteiger partial charge in [-0.3, -0.25) is 9.59 Å². The number of methoxy groups -OCH3 is 1. The number of benzene rings is 1. The van der Waals surface area contributed by atoms with Crippen molar-refractivity contribution < 1.29 is 14.3 Å². The second-order valence-corrected chi connectivity index (χ2v) is 7.56. The van der Waals surface area contributed by atoms with Crippen LogP contribution < -0.4 is 15.0 Å². The van der Waals surface area contributed by atoms with Gasteiger partial charge in [-0.05, 0) is 37.1 Å². The Morgan fingerprint density at radius 3 is 2.63 bits per heavy atom. The van der Waals surface area contributed by atoms with E-state index in [0.29, 0.717) is 18.1 Å². The van der Waals surface area contributed by atoms with Gasteiger partial charge in [-0.2, -0.15) is 0 Å². The number of amides is 2. The molecule has 1 saturated heterocycles. The Morgan fingerprint density at radius 2 is 2.00 bits per heavy atom. The van der Waals surface area contributed by atoms with E-state index in [0.717, 1.165) is 29.3 Å².